The minimum atomic E-state index is -0.123. The summed E-state index contributed by atoms with van der Waals surface area (Å²) < 4.78 is 13.4. The van der Waals surface area contributed by atoms with Gasteiger partial charge in [-0.25, -0.2) is 4.39 Å². The number of halogens is 2. The van der Waals surface area contributed by atoms with E-state index >= 15 is 0 Å². The fraction of sp³-hybridized carbons (Fsp3) is 0.625. The number of nitrogens with one attached hydrogen (secondary N) is 1. The average molecular weight is 301 g/mol. The molecule has 0 saturated carbocycles. The molecule has 1 fully saturated rings. The Bertz CT molecular complexity index is 405. The van der Waals surface area contributed by atoms with E-state index in [1.807, 2.05) is 6.07 Å². The molecular weight excluding hydrogens is 275 g/mol. The summed E-state index contributed by atoms with van der Waals surface area (Å²) in [6.07, 6.45) is 3.56. The molecule has 2 rings (SSSR count). The lowest BCUT2D eigenvalue weighted by molar-refractivity contribution is 0.154. The van der Waals surface area contributed by atoms with Gasteiger partial charge in [-0.05, 0) is 69.1 Å². The topological polar surface area (TPSA) is 15.3 Å². The van der Waals surface area contributed by atoms with Gasteiger partial charge in [0.05, 0.1) is 0 Å². The highest BCUT2D eigenvalue weighted by molar-refractivity contribution is 5.85. The lowest BCUT2D eigenvalue weighted by Crippen LogP contribution is -2.43. The number of hydrogen-bond donors (Lipinski definition) is 1. The Morgan fingerprint density at radius 3 is 2.65 bits per heavy atom. The Labute approximate surface area is 128 Å². The molecule has 0 spiro atoms. The molecule has 4 heteroatoms. The number of hydrogen-bond acceptors (Lipinski definition) is 2. The Morgan fingerprint density at radius 1 is 1.30 bits per heavy atom. The molecule has 0 unspecified atom stereocenters. The largest absolute Gasteiger partial charge is 0.317 e. The summed E-state index contributed by atoms with van der Waals surface area (Å²) in [5.74, 6) is -0.123. The van der Waals surface area contributed by atoms with Crippen LogP contribution in [0.3, 0.4) is 0 Å². The molecule has 1 aliphatic heterocycles. The number of rotatable bonds is 5. The van der Waals surface area contributed by atoms with Crippen LogP contribution in [0.1, 0.15) is 37.3 Å². The normalized spacial score (nSPS) is 16.2. The maximum atomic E-state index is 13.4. The summed E-state index contributed by atoms with van der Waals surface area (Å²) >= 11 is 0. The summed E-state index contributed by atoms with van der Waals surface area (Å²) in [6, 6.07) is 5.77. The molecule has 1 aliphatic rings. The zero-order valence-electron chi connectivity index (χ0n) is 12.5. The van der Waals surface area contributed by atoms with Crippen molar-refractivity contribution < 1.29 is 4.39 Å². The van der Waals surface area contributed by atoms with Crippen molar-refractivity contribution in [3.8, 4) is 0 Å². The van der Waals surface area contributed by atoms with E-state index in [0.29, 0.717) is 6.04 Å². The Morgan fingerprint density at radius 2 is 2.00 bits per heavy atom. The van der Waals surface area contributed by atoms with Crippen molar-refractivity contribution in [2.75, 3.05) is 19.6 Å². The van der Waals surface area contributed by atoms with Crippen LogP contribution >= 0.6 is 12.4 Å². The molecule has 0 amide bonds. The molecule has 0 bridgehead atoms. The van der Waals surface area contributed by atoms with E-state index < -0.39 is 0 Å². The average Bonchev–Trinajstić information content (AvgIpc) is 2.43. The van der Waals surface area contributed by atoms with Crippen molar-refractivity contribution in [3.05, 3.63) is 35.1 Å². The first kappa shape index (κ1) is 17.4. The smallest absolute Gasteiger partial charge is 0.123 e. The molecule has 20 heavy (non-hydrogen) atoms. The van der Waals surface area contributed by atoms with Gasteiger partial charge in [-0.2, -0.15) is 0 Å². The van der Waals surface area contributed by atoms with Crippen molar-refractivity contribution in [2.45, 2.75) is 45.7 Å². The first-order chi connectivity index (χ1) is 9.20. The quantitative estimate of drug-likeness (QED) is 0.895. The molecule has 0 aliphatic carbocycles. The standard InChI is InChI=1S/C16H25FN2.ClH/c1-3-10-19(16-6-8-18-9-7-16)12-14-11-15(17)5-4-13(14)2;/h4-5,11,16,18H,3,6-10,12H2,1-2H3;1H. The van der Waals surface area contributed by atoms with Crippen LogP contribution in [0.25, 0.3) is 0 Å². The molecule has 1 aromatic carbocycles. The van der Waals surface area contributed by atoms with Crippen LogP contribution in [0.2, 0.25) is 0 Å². The number of piperidine rings is 1. The lowest BCUT2D eigenvalue weighted by atomic mass is 10.0. The fourth-order valence-corrected chi connectivity index (χ4v) is 2.88. The van der Waals surface area contributed by atoms with Crippen LogP contribution in [-0.2, 0) is 6.54 Å². The number of aryl methyl sites for hydroxylation is 1. The second kappa shape index (κ2) is 8.60. The highest BCUT2D eigenvalue weighted by Crippen LogP contribution is 2.19. The van der Waals surface area contributed by atoms with E-state index in [2.05, 4.69) is 24.1 Å². The molecule has 0 aromatic heterocycles. The molecule has 0 radical (unpaired) electrons. The minimum absolute atomic E-state index is 0. The molecule has 1 saturated heterocycles. The summed E-state index contributed by atoms with van der Waals surface area (Å²) in [7, 11) is 0. The predicted molar refractivity (Wildman–Crippen MR) is 85.0 cm³/mol. The third kappa shape index (κ3) is 4.72. The van der Waals surface area contributed by atoms with Crippen molar-refractivity contribution in [1.82, 2.24) is 10.2 Å². The van der Waals surface area contributed by atoms with Crippen molar-refractivity contribution in [1.29, 1.82) is 0 Å². The van der Waals surface area contributed by atoms with Crippen LogP contribution in [0.15, 0.2) is 18.2 Å². The fourth-order valence-electron chi connectivity index (χ4n) is 2.88. The maximum absolute atomic E-state index is 13.4. The minimum Gasteiger partial charge on any atom is -0.317 e. The van der Waals surface area contributed by atoms with E-state index in [9.17, 15) is 4.39 Å². The predicted octanol–water partition coefficient (Wildman–Crippen LogP) is 3.52. The van der Waals surface area contributed by atoms with Gasteiger partial charge in [0.25, 0.3) is 0 Å². The SMILES string of the molecule is CCCN(Cc1cc(F)ccc1C)C1CCNCC1.Cl. The van der Waals surface area contributed by atoms with Gasteiger partial charge in [-0.1, -0.05) is 13.0 Å². The number of benzene rings is 1. The van der Waals surface area contributed by atoms with Crippen LogP contribution in [-0.4, -0.2) is 30.6 Å². The van der Waals surface area contributed by atoms with Crippen LogP contribution in [0, 0.1) is 12.7 Å². The first-order valence-corrected chi connectivity index (χ1v) is 7.40. The zero-order chi connectivity index (χ0) is 13.7. The van der Waals surface area contributed by atoms with Gasteiger partial charge in [0, 0.05) is 12.6 Å². The third-order valence-electron chi connectivity index (χ3n) is 4.02. The van der Waals surface area contributed by atoms with Gasteiger partial charge in [0.1, 0.15) is 5.82 Å². The Balaban J connectivity index is 0.00000200. The van der Waals surface area contributed by atoms with Gasteiger partial charge in [0.2, 0.25) is 0 Å². The van der Waals surface area contributed by atoms with Crippen LogP contribution < -0.4 is 5.32 Å². The molecule has 1 aromatic rings. The van der Waals surface area contributed by atoms with Crippen molar-refractivity contribution >= 4 is 12.4 Å². The second-order valence-corrected chi connectivity index (χ2v) is 5.52. The molecule has 1 N–H and O–H groups in total. The van der Waals surface area contributed by atoms with E-state index in [0.717, 1.165) is 38.2 Å². The molecular formula is C16H26ClFN2. The number of nitrogens with zero attached hydrogens (tertiary/aromatic N) is 1. The Hall–Kier alpha value is -0.640. The summed E-state index contributed by atoms with van der Waals surface area (Å²) in [4.78, 5) is 2.53. The molecule has 0 atom stereocenters. The van der Waals surface area contributed by atoms with Gasteiger partial charge in [-0.15, -0.1) is 12.4 Å². The van der Waals surface area contributed by atoms with Crippen molar-refractivity contribution in [3.63, 3.8) is 0 Å². The van der Waals surface area contributed by atoms with E-state index in [1.54, 1.807) is 12.1 Å². The molecule has 1 heterocycles. The zero-order valence-corrected chi connectivity index (χ0v) is 13.3. The van der Waals surface area contributed by atoms with Gasteiger partial charge in [-0.3, -0.25) is 4.90 Å². The maximum Gasteiger partial charge on any atom is 0.123 e. The summed E-state index contributed by atoms with van der Waals surface area (Å²) in [5, 5.41) is 3.41. The highest BCUT2D eigenvalue weighted by Gasteiger charge is 2.20. The van der Waals surface area contributed by atoms with E-state index in [1.165, 1.54) is 18.4 Å². The van der Waals surface area contributed by atoms with Gasteiger partial charge < -0.3 is 5.32 Å². The molecule has 2 nitrogen and oxygen atoms in total. The van der Waals surface area contributed by atoms with E-state index in [-0.39, 0.29) is 18.2 Å². The molecule has 114 valence electrons. The highest BCUT2D eigenvalue weighted by atomic mass is 35.5. The summed E-state index contributed by atoms with van der Waals surface area (Å²) in [5.41, 5.74) is 2.32. The monoisotopic (exact) mass is 300 g/mol. The lowest BCUT2D eigenvalue weighted by Gasteiger charge is -2.35. The van der Waals surface area contributed by atoms with Gasteiger partial charge in [0.15, 0.2) is 0 Å². The van der Waals surface area contributed by atoms with Crippen LogP contribution in [0.4, 0.5) is 4.39 Å². The summed E-state index contributed by atoms with van der Waals surface area (Å²) in [6.45, 7) is 8.47. The van der Waals surface area contributed by atoms with Gasteiger partial charge >= 0.3 is 0 Å². The second-order valence-electron chi connectivity index (χ2n) is 5.52. The third-order valence-corrected chi connectivity index (χ3v) is 4.02. The van der Waals surface area contributed by atoms with Crippen molar-refractivity contribution in [2.24, 2.45) is 0 Å². The van der Waals surface area contributed by atoms with E-state index in [4.69, 9.17) is 0 Å². The van der Waals surface area contributed by atoms with Crippen LogP contribution in [0.5, 0.6) is 0 Å². The first-order valence-electron chi connectivity index (χ1n) is 7.40. The Kier molecular flexibility index (Phi) is 7.49.